The van der Waals surface area contributed by atoms with Crippen molar-refractivity contribution in [2.45, 2.75) is 11.8 Å². The molecule has 34 heavy (non-hydrogen) atoms. The van der Waals surface area contributed by atoms with E-state index in [9.17, 15) is 14.4 Å². The minimum Gasteiger partial charge on any atom is -0.463 e. The van der Waals surface area contributed by atoms with Crippen LogP contribution in [0.4, 0.5) is 5.69 Å². The fraction of sp³-hybridized carbons (Fsp3) is 0.115. The molecule has 0 aliphatic carbocycles. The maximum absolute atomic E-state index is 13.1. The topological polar surface area (TPSA) is 84.5 Å². The van der Waals surface area contributed by atoms with Crippen LogP contribution in [0.25, 0.3) is 6.08 Å². The van der Waals surface area contributed by atoms with E-state index in [1.807, 2.05) is 41.1 Å². The maximum Gasteiger partial charge on any atom is 0.330 e. The zero-order valence-electron chi connectivity index (χ0n) is 18.5. The lowest BCUT2D eigenvalue weighted by atomic mass is 10.2. The number of benzene rings is 2. The minimum absolute atomic E-state index is 0.141. The Morgan fingerprint density at radius 1 is 1.06 bits per heavy atom. The second-order valence-electron chi connectivity index (χ2n) is 6.88. The van der Waals surface area contributed by atoms with E-state index in [4.69, 9.17) is 4.74 Å². The van der Waals surface area contributed by atoms with E-state index in [1.54, 1.807) is 49.4 Å². The standard InChI is InChI=1S/C26H24N2O4S2/c1-2-32-24(29)12-7-14-34-22-11-6-10-21(17-22)27-26(31)23(16-19-13-15-33-18-19)28-25(30)20-8-4-3-5-9-20/h3-13,15-18H,2,14H2,1H3,(H,27,31)(H,28,30)/b12-7+,23-16+. The average Bonchev–Trinajstić information content (AvgIpc) is 3.35. The van der Waals surface area contributed by atoms with Crippen LogP contribution in [0.2, 0.25) is 0 Å². The van der Waals surface area contributed by atoms with Gasteiger partial charge in [-0.1, -0.05) is 30.3 Å². The van der Waals surface area contributed by atoms with Gasteiger partial charge in [0.15, 0.2) is 0 Å². The molecule has 3 aromatic rings. The Morgan fingerprint density at radius 3 is 2.62 bits per heavy atom. The second-order valence-corrected chi connectivity index (χ2v) is 8.76. The summed E-state index contributed by atoms with van der Waals surface area (Å²) in [4.78, 5) is 38.0. The normalized spacial score (nSPS) is 11.3. The third-order valence-corrected chi connectivity index (χ3v) is 6.01. The molecule has 174 valence electrons. The Hall–Kier alpha value is -3.62. The zero-order chi connectivity index (χ0) is 24.2. The van der Waals surface area contributed by atoms with Crippen molar-refractivity contribution in [3.05, 3.63) is 100 Å². The zero-order valence-corrected chi connectivity index (χ0v) is 20.2. The molecule has 2 amide bonds. The van der Waals surface area contributed by atoms with Crippen LogP contribution >= 0.6 is 23.1 Å². The summed E-state index contributed by atoms with van der Waals surface area (Å²) in [6.07, 6.45) is 4.78. The molecule has 0 radical (unpaired) electrons. The Bertz CT molecular complexity index is 1170. The highest BCUT2D eigenvalue weighted by atomic mass is 32.2. The second kappa shape index (κ2) is 13.2. The molecule has 0 saturated heterocycles. The highest BCUT2D eigenvalue weighted by Crippen LogP contribution is 2.22. The molecule has 0 aliphatic heterocycles. The molecule has 1 heterocycles. The molecule has 1 aromatic heterocycles. The smallest absolute Gasteiger partial charge is 0.330 e. The van der Waals surface area contributed by atoms with Crippen molar-refractivity contribution in [2.24, 2.45) is 0 Å². The molecule has 0 aliphatic rings. The number of amides is 2. The predicted octanol–water partition coefficient (Wildman–Crippen LogP) is 5.37. The first-order chi connectivity index (χ1) is 16.5. The molecule has 0 spiro atoms. The number of hydrogen-bond donors (Lipinski definition) is 2. The van der Waals surface area contributed by atoms with Gasteiger partial charge in [-0.05, 0) is 65.7 Å². The van der Waals surface area contributed by atoms with Gasteiger partial charge in [0.05, 0.1) is 6.61 Å². The highest BCUT2D eigenvalue weighted by Gasteiger charge is 2.15. The van der Waals surface area contributed by atoms with Gasteiger partial charge in [-0.3, -0.25) is 9.59 Å². The van der Waals surface area contributed by atoms with Crippen LogP contribution < -0.4 is 10.6 Å². The number of anilines is 1. The third kappa shape index (κ3) is 8.06. The van der Waals surface area contributed by atoms with Crippen LogP contribution in [0.15, 0.2) is 94.2 Å². The number of carbonyl (C=O) groups is 3. The van der Waals surface area contributed by atoms with Gasteiger partial charge in [-0.15, -0.1) is 11.8 Å². The number of rotatable bonds is 10. The molecule has 0 atom stereocenters. The quantitative estimate of drug-likeness (QED) is 0.226. The van der Waals surface area contributed by atoms with Gasteiger partial charge in [-0.2, -0.15) is 11.3 Å². The molecule has 0 bridgehead atoms. The number of thioether (sulfide) groups is 1. The summed E-state index contributed by atoms with van der Waals surface area (Å²) in [5.41, 5.74) is 2.01. The van der Waals surface area contributed by atoms with Crippen LogP contribution in [0.3, 0.4) is 0 Å². The fourth-order valence-corrected chi connectivity index (χ4v) is 4.20. The molecule has 6 nitrogen and oxygen atoms in total. The van der Waals surface area contributed by atoms with E-state index in [1.165, 1.54) is 29.2 Å². The van der Waals surface area contributed by atoms with Crippen molar-refractivity contribution in [3.63, 3.8) is 0 Å². The largest absolute Gasteiger partial charge is 0.463 e. The molecule has 3 rings (SSSR count). The summed E-state index contributed by atoms with van der Waals surface area (Å²) < 4.78 is 4.86. The van der Waals surface area contributed by atoms with Gasteiger partial charge in [0.1, 0.15) is 5.70 Å². The first-order valence-corrected chi connectivity index (χ1v) is 12.5. The number of thiophene rings is 1. The molecular formula is C26H24N2O4S2. The van der Waals surface area contributed by atoms with Gasteiger partial charge < -0.3 is 15.4 Å². The SMILES string of the molecule is CCOC(=O)/C=C/CSc1cccc(NC(=O)/C(=C\c2ccsc2)NC(=O)c2ccccc2)c1. The van der Waals surface area contributed by atoms with Gasteiger partial charge in [0.25, 0.3) is 11.8 Å². The third-order valence-electron chi connectivity index (χ3n) is 4.36. The summed E-state index contributed by atoms with van der Waals surface area (Å²) in [6.45, 7) is 2.10. The summed E-state index contributed by atoms with van der Waals surface area (Å²) in [6, 6.07) is 18.0. The van der Waals surface area contributed by atoms with E-state index >= 15 is 0 Å². The van der Waals surface area contributed by atoms with Crippen LogP contribution in [0.1, 0.15) is 22.8 Å². The highest BCUT2D eigenvalue weighted by molar-refractivity contribution is 7.99. The Kier molecular flexibility index (Phi) is 9.69. The van der Waals surface area contributed by atoms with E-state index in [0.29, 0.717) is 23.6 Å². The molecule has 0 unspecified atom stereocenters. The summed E-state index contributed by atoms with van der Waals surface area (Å²) in [5, 5.41) is 9.37. The van der Waals surface area contributed by atoms with Crippen molar-refractivity contribution >= 4 is 52.6 Å². The fourth-order valence-electron chi connectivity index (χ4n) is 2.81. The van der Waals surface area contributed by atoms with Gasteiger partial charge >= 0.3 is 5.97 Å². The monoisotopic (exact) mass is 492 g/mol. The van der Waals surface area contributed by atoms with Crippen LogP contribution in [-0.4, -0.2) is 30.1 Å². The number of ether oxygens (including phenoxy) is 1. The number of esters is 1. The summed E-state index contributed by atoms with van der Waals surface area (Å²) in [7, 11) is 0. The first kappa shape index (κ1) is 25.0. The molecule has 0 fully saturated rings. The van der Waals surface area contributed by atoms with Gasteiger partial charge in [-0.25, -0.2) is 4.79 Å². The predicted molar refractivity (Wildman–Crippen MR) is 138 cm³/mol. The van der Waals surface area contributed by atoms with Crippen molar-refractivity contribution < 1.29 is 19.1 Å². The van der Waals surface area contributed by atoms with Gasteiger partial charge in [0.2, 0.25) is 0 Å². The van der Waals surface area contributed by atoms with Crippen LogP contribution in [0.5, 0.6) is 0 Å². The number of hydrogen-bond acceptors (Lipinski definition) is 6. The van der Waals surface area contributed by atoms with E-state index in [0.717, 1.165) is 10.5 Å². The lowest BCUT2D eigenvalue weighted by Gasteiger charge is -2.12. The molecule has 0 saturated carbocycles. The average molecular weight is 493 g/mol. The first-order valence-electron chi connectivity index (χ1n) is 10.5. The Balaban J connectivity index is 1.68. The number of nitrogens with one attached hydrogen (secondary N) is 2. The molecule has 2 N–H and O–H groups in total. The van der Waals surface area contributed by atoms with E-state index < -0.39 is 5.91 Å². The Morgan fingerprint density at radius 2 is 1.88 bits per heavy atom. The molecule has 8 heteroatoms. The Labute approximate surface area is 206 Å². The van der Waals surface area contributed by atoms with Crippen LogP contribution in [-0.2, 0) is 14.3 Å². The minimum atomic E-state index is -0.431. The van der Waals surface area contributed by atoms with Crippen LogP contribution in [0, 0.1) is 0 Å². The van der Waals surface area contributed by atoms with E-state index in [2.05, 4.69) is 10.6 Å². The van der Waals surface area contributed by atoms with Gasteiger partial charge in [0, 0.05) is 28.0 Å². The van der Waals surface area contributed by atoms with Crippen molar-refractivity contribution in [2.75, 3.05) is 17.7 Å². The summed E-state index contributed by atoms with van der Waals surface area (Å²) in [5.74, 6) is -0.589. The lowest BCUT2D eigenvalue weighted by molar-refractivity contribution is -0.137. The van der Waals surface area contributed by atoms with E-state index in [-0.39, 0.29) is 17.6 Å². The molecular weight excluding hydrogens is 468 g/mol. The van der Waals surface area contributed by atoms with Crippen molar-refractivity contribution in [1.29, 1.82) is 0 Å². The molecule has 2 aromatic carbocycles. The van der Waals surface area contributed by atoms with Crippen molar-refractivity contribution in [3.8, 4) is 0 Å². The number of carbonyl (C=O) groups excluding carboxylic acids is 3. The summed E-state index contributed by atoms with van der Waals surface area (Å²) >= 11 is 3.02. The maximum atomic E-state index is 13.1. The van der Waals surface area contributed by atoms with Crippen molar-refractivity contribution in [1.82, 2.24) is 5.32 Å². The lowest BCUT2D eigenvalue weighted by Crippen LogP contribution is -2.30.